The Kier molecular flexibility index (Phi) is 19.4. The molecule has 0 aliphatic heterocycles. The zero-order chi connectivity index (χ0) is 25.8. The number of ether oxygens (including phenoxy) is 2. The molecule has 0 aliphatic rings. The third-order valence-electron chi connectivity index (χ3n) is 5.38. The minimum atomic E-state index is -0.593. The predicted octanol–water partition coefficient (Wildman–Crippen LogP) is 8.77. The van der Waals surface area contributed by atoms with Gasteiger partial charge in [0.25, 0.3) is 0 Å². The first-order valence-electron chi connectivity index (χ1n) is 13.7. The minimum absolute atomic E-state index is 0.0785. The van der Waals surface area contributed by atoms with Gasteiger partial charge in [-0.05, 0) is 45.3 Å². The molecule has 0 bridgehead atoms. The number of carbonyl (C=O) groups excluding carboxylic acids is 2. The van der Waals surface area contributed by atoms with E-state index in [0.29, 0.717) is 17.2 Å². The number of carbonyl (C=O) groups is 2. The van der Waals surface area contributed by atoms with Crippen LogP contribution in [0.25, 0.3) is 0 Å². The van der Waals surface area contributed by atoms with Crippen LogP contribution in [0.3, 0.4) is 0 Å². The van der Waals surface area contributed by atoms with Crippen molar-refractivity contribution in [2.24, 2.45) is 5.92 Å². The fraction of sp³-hybridized carbons (Fsp3) is 0.857. The van der Waals surface area contributed by atoms with Crippen LogP contribution in [0, 0.1) is 5.92 Å². The van der Waals surface area contributed by atoms with Crippen LogP contribution in [0.2, 0.25) is 0 Å². The molecule has 1 amide bonds. The molecule has 0 aromatic rings. The number of nitrogens with one attached hydrogen (secondary N) is 1. The van der Waals surface area contributed by atoms with Crippen LogP contribution in [0.15, 0.2) is 10.6 Å². The molecule has 200 valence electrons. The summed E-state index contributed by atoms with van der Waals surface area (Å²) in [5, 5.41) is 3.45. The lowest BCUT2D eigenvalue weighted by Crippen LogP contribution is -2.31. The highest BCUT2D eigenvalue weighted by atomic mass is 32.2. The van der Waals surface area contributed by atoms with Gasteiger partial charge in [0.2, 0.25) is 0 Å². The molecule has 0 unspecified atom stereocenters. The smallest absolute Gasteiger partial charge is 0.412 e. The van der Waals surface area contributed by atoms with E-state index in [1.165, 1.54) is 69.5 Å². The SMILES string of the molecule is CCCCCCCCCS/C(NC(=O)OCCCCCCCC)=C(/C(=O)OC(C)(C)C)C(C)C. The zero-order valence-corrected chi connectivity index (χ0v) is 24.0. The lowest BCUT2D eigenvalue weighted by molar-refractivity contribution is -0.150. The highest BCUT2D eigenvalue weighted by Gasteiger charge is 2.26. The Balaban J connectivity index is 4.98. The Hall–Kier alpha value is -1.17. The first kappa shape index (κ1) is 32.8. The van der Waals surface area contributed by atoms with E-state index in [9.17, 15) is 9.59 Å². The normalized spacial score (nSPS) is 12.5. The van der Waals surface area contributed by atoms with Gasteiger partial charge in [-0.15, -0.1) is 11.8 Å². The number of unbranched alkanes of at least 4 members (excludes halogenated alkanes) is 11. The second-order valence-corrected chi connectivity index (χ2v) is 11.5. The Morgan fingerprint density at radius 2 is 1.29 bits per heavy atom. The standard InChI is InChI=1S/C28H53NO4S/c1-8-10-12-14-16-18-20-22-34-25(24(23(3)4)26(30)33-28(5,6)7)29-27(31)32-21-19-17-15-13-11-9-2/h23H,8-22H2,1-7H3,(H,29,31)/b25-24+. The topological polar surface area (TPSA) is 64.6 Å². The largest absolute Gasteiger partial charge is 0.457 e. The number of hydrogen-bond donors (Lipinski definition) is 1. The van der Waals surface area contributed by atoms with Crippen molar-refractivity contribution >= 4 is 23.8 Å². The maximum absolute atomic E-state index is 13.0. The highest BCUT2D eigenvalue weighted by molar-refractivity contribution is 8.03. The molecular weight excluding hydrogens is 446 g/mol. The Labute approximate surface area is 214 Å². The molecule has 0 radical (unpaired) electrons. The minimum Gasteiger partial charge on any atom is -0.457 e. The molecule has 34 heavy (non-hydrogen) atoms. The van der Waals surface area contributed by atoms with Crippen molar-refractivity contribution in [3.8, 4) is 0 Å². The Bertz CT molecular complexity index is 581. The highest BCUT2D eigenvalue weighted by Crippen LogP contribution is 2.27. The van der Waals surface area contributed by atoms with Gasteiger partial charge in [0, 0.05) is 0 Å². The van der Waals surface area contributed by atoms with Crippen molar-refractivity contribution in [3.05, 3.63) is 10.6 Å². The lowest BCUT2D eigenvalue weighted by Gasteiger charge is -2.24. The summed E-state index contributed by atoms with van der Waals surface area (Å²) in [5.41, 5.74) is -0.0802. The molecule has 0 aromatic carbocycles. The van der Waals surface area contributed by atoms with Crippen molar-refractivity contribution in [2.75, 3.05) is 12.4 Å². The van der Waals surface area contributed by atoms with Crippen molar-refractivity contribution in [1.82, 2.24) is 5.32 Å². The average molecular weight is 500 g/mol. The molecular formula is C28H53NO4S. The number of alkyl carbamates (subject to hydrolysis) is 1. The van der Waals surface area contributed by atoms with E-state index >= 15 is 0 Å². The second kappa shape index (κ2) is 20.1. The van der Waals surface area contributed by atoms with Crippen molar-refractivity contribution < 1.29 is 19.1 Å². The summed E-state index contributed by atoms with van der Waals surface area (Å²) in [5.74, 6) is 0.394. The summed E-state index contributed by atoms with van der Waals surface area (Å²) < 4.78 is 11.1. The molecule has 1 N–H and O–H groups in total. The van der Waals surface area contributed by atoms with Crippen LogP contribution >= 0.6 is 11.8 Å². The van der Waals surface area contributed by atoms with E-state index in [1.54, 1.807) is 0 Å². The van der Waals surface area contributed by atoms with Crippen LogP contribution in [0.1, 0.15) is 132 Å². The van der Waals surface area contributed by atoms with E-state index < -0.39 is 11.7 Å². The van der Waals surface area contributed by atoms with Crippen LogP contribution in [-0.4, -0.2) is 30.0 Å². The molecule has 0 spiro atoms. The van der Waals surface area contributed by atoms with Gasteiger partial charge in [-0.25, -0.2) is 9.59 Å². The molecule has 0 fully saturated rings. The second-order valence-electron chi connectivity index (χ2n) is 10.4. The van der Waals surface area contributed by atoms with Crippen molar-refractivity contribution in [2.45, 2.75) is 138 Å². The summed E-state index contributed by atoms with van der Waals surface area (Å²) in [4.78, 5) is 25.5. The molecule has 0 aromatic heterocycles. The van der Waals surface area contributed by atoms with Gasteiger partial charge in [0.15, 0.2) is 0 Å². The monoisotopic (exact) mass is 499 g/mol. The van der Waals surface area contributed by atoms with Crippen LogP contribution in [0.4, 0.5) is 4.79 Å². The van der Waals surface area contributed by atoms with E-state index in [2.05, 4.69) is 19.2 Å². The Morgan fingerprint density at radius 1 is 0.794 bits per heavy atom. The molecule has 0 saturated carbocycles. The lowest BCUT2D eigenvalue weighted by atomic mass is 10.0. The van der Waals surface area contributed by atoms with Gasteiger partial charge in [0.05, 0.1) is 17.2 Å². The number of thioether (sulfide) groups is 1. The number of amides is 1. The molecule has 0 saturated heterocycles. The van der Waals surface area contributed by atoms with Gasteiger partial charge in [0.1, 0.15) is 5.60 Å². The fourth-order valence-electron chi connectivity index (χ4n) is 3.51. The van der Waals surface area contributed by atoms with E-state index in [0.717, 1.165) is 31.4 Å². The Morgan fingerprint density at radius 3 is 1.79 bits per heavy atom. The maximum atomic E-state index is 13.0. The van der Waals surface area contributed by atoms with Crippen molar-refractivity contribution in [3.63, 3.8) is 0 Å². The molecule has 0 rings (SSSR count). The zero-order valence-electron chi connectivity index (χ0n) is 23.2. The first-order chi connectivity index (χ1) is 16.1. The summed E-state index contributed by atoms with van der Waals surface area (Å²) in [7, 11) is 0. The third-order valence-corrected chi connectivity index (χ3v) is 6.49. The van der Waals surface area contributed by atoms with Gasteiger partial charge in [-0.2, -0.15) is 0 Å². The maximum Gasteiger partial charge on any atom is 0.412 e. The summed E-state index contributed by atoms with van der Waals surface area (Å²) in [6.07, 6.45) is 14.9. The quantitative estimate of drug-likeness (QED) is 0.109. The molecule has 5 nitrogen and oxygen atoms in total. The summed E-state index contributed by atoms with van der Waals surface area (Å²) >= 11 is 1.53. The number of hydrogen-bond acceptors (Lipinski definition) is 5. The number of esters is 1. The average Bonchev–Trinajstić information content (AvgIpc) is 2.73. The molecule has 0 aliphatic carbocycles. The van der Waals surface area contributed by atoms with E-state index in [4.69, 9.17) is 9.47 Å². The van der Waals surface area contributed by atoms with Gasteiger partial charge in [-0.1, -0.05) is 98.3 Å². The summed E-state index contributed by atoms with van der Waals surface area (Å²) in [6, 6.07) is 0. The number of rotatable bonds is 19. The van der Waals surface area contributed by atoms with E-state index in [1.807, 2.05) is 34.6 Å². The van der Waals surface area contributed by atoms with Gasteiger partial charge < -0.3 is 9.47 Å². The van der Waals surface area contributed by atoms with Crippen LogP contribution in [0.5, 0.6) is 0 Å². The fourth-order valence-corrected chi connectivity index (χ4v) is 4.70. The molecule has 0 heterocycles. The van der Waals surface area contributed by atoms with Crippen LogP contribution in [-0.2, 0) is 14.3 Å². The van der Waals surface area contributed by atoms with Gasteiger partial charge >= 0.3 is 12.1 Å². The molecule has 0 atom stereocenters. The predicted molar refractivity (Wildman–Crippen MR) is 146 cm³/mol. The summed E-state index contributed by atoms with van der Waals surface area (Å²) in [6.45, 7) is 14.3. The van der Waals surface area contributed by atoms with Crippen molar-refractivity contribution in [1.29, 1.82) is 0 Å². The third kappa shape index (κ3) is 18.2. The van der Waals surface area contributed by atoms with Gasteiger partial charge in [-0.3, -0.25) is 5.32 Å². The van der Waals surface area contributed by atoms with Crippen LogP contribution < -0.4 is 5.32 Å². The van der Waals surface area contributed by atoms with E-state index in [-0.39, 0.29) is 11.9 Å². The molecule has 6 heteroatoms. The first-order valence-corrected chi connectivity index (χ1v) is 14.6.